The Morgan fingerprint density at radius 1 is 1.09 bits per heavy atom. The van der Waals surface area contributed by atoms with Crippen molar-refractivity contribution in [3.05, 3.63) is 95.3 Å². The number of nitrogens with zero attached hydrogens (tertiary/aromatic N) is 1. The SMILES string of the molecule is COc1ccc(C(=O)/C=c2\[nH]c(=O)/c(=C\c3ccc(OCc4csc(C)n4)cc3)s2)cc1. The van der Waals surface area contributed by atoms with E-state index < -0.39 is 0 Å². The third-order valence-electron chi connectivity index (χ3n) is 4.55. The van der Waals surface area contributed by atoms with Gasteiger partial charge < -0.3 is 14.5 Å². The van der Waals surface area contributed by atoms with Crippen molar-refractivity contribution < 1.29 is 14.3 Å². The van der Waals surface area contributed by atoms with Crippen molar-refractivity contribution in [3.63, 3.8) is 0 Å². The predicted octanol–water partition coefficient (Wildman–Crippen LogP) is 3.28. The van der Waals surface area contributed by atoms with E-state index in [1.54, 1.807) is 48.8 Å². The number of H-pyrrole nitrogens is 1. The van der Waals surface area contributed by atoms with Crippen molar-refractivity contribution in [3.8, 4) is 11.5 Å². The van der Waals surface area contributed by atoms with E-state index in [4.69, 9.17) is 9.47 Å². The molecule has 0 bridgehead atoms. The van der Waals surface area contributed by atoms with Gasteiger partial charge in [-0.05, 0) is 55.0 Å². The maximum atomic E-state index is 12.5. The zero-order chi connectivity index (χ0) is 22.5. The number of aromatic amines is 1. The van der Waals surface area contributed by atoms with Gasteiger partial charge in [0.25, 0.3) is 5.56 Å². The van der Waals surface area contributed by atoms with E-state index in [1.807, 2.05) is 36.6 Å². The van der Waals surface area contributed by atoms with Crippen LogP contribution in [0.25, 0.3) is 12.2 Å². The van der Waals surface area contributed by atoms with Crippen molar-refractivity contribution >= 4 is 40.6 Å². The van der Waals surface area contributed by atoms with Crippen LogP contribution in [0.3, 0.4) is 0 Å². The molecule has 6 nitrogen and oxygen atoms in total. The summed E-state index contributed by atoms with van der Waals surface area (Å²) < 4.78 is 11.9. The highest BCUT2D eigenvalue weighted by Gasteiger charge is 2.04. The number of Topliss-reactive ketones (excluding diaryl/α,β-unsaturated/α-hetero) is 1. The molecule has 0 saturated carbocycles. The minimum atomic E-state index is -0.233. The topological polar surface area (TPSA) is 81.3 Å². The molecule has 0 amide bonds. The molecule has 2 heterocycles. The summed E-state index contributed by atoms with van der Waals surface area (Å²) in [6.07, 6.45) is 3.22. The number of carbonyl (C=O) groups excluding carboxylic acids is 1. The minimum Gasteiger partial charge on any atom is -0.497 e. The highest BCUT2D eigenvalue weighted by atomic mass is 32.1. The molecular formula is C24H20N2O4S2. The largest absolute Gasteiger partial charge is 0.497 e. The maximum absolute atomic E-state index is 12.5. The van der Waals surface area contributed by atoms with E-state index in [0.29, 0.717) is 27.1 Å². The fourth-order valence-corrected chi connectivity index (χ4v) is 4.41. The average Bonchev–Trinajstić information content (AvgIpc) is 3.37. The van der Waals surface area contributed by atoms with Gasteiger partial charge in [-0.15, -0.1) is 22.7 Å². The van der Waals surface area contributed by atoms with Crippen molar-refractivity contribution in [1.82, 2.24) is 9.97 Å². The van der Waals surface area contributed by atoms with Crippen LogP contribution in [-0.4, -0.2) is 22.9 Å². The summed E-state index contributed by atoms with van der Waals surface area (Å²) in [6, 6.07) is 14.3. The second-order valence-corrected chi connectivity index (χ2v) is 9.03. The summed E-state index contributed by atoms with van der Waals surface area (Å²) >= 11 is 2.83. The predicted molar refractivity (Wildman–Crippen MR) is 127 cm³/mol. The quantitative estimate of drug-likeness (QED) is 0.425. The van der Waals surface area contributed by atoms with E-state index in [2.05, 4.69) is 9.97 Å². The molecule has 0 atom stereocenters. The third kappa shape index (κ3) is 5.40. The number of hydrogen-bond acceptors (Lipinski definition) is 7. The van der Waals surface area contributed by atoms with Crippen LogP contribution in [-0.2, 0) is 6.61 Å². The van der Waals surface area contributed by atoms with E-state index >= 15 is 0 Å². The summed E-state index contributed by atoms with van der Waals surface area (Å²) in [5.74, 6) is 1.22. The molecule has 1 N–H and O–H groups in total. The molecule has 2 aromatic heterocycles. The first-order valence-corrected chi connectivity index (χ1v) is 11.4. The number of aromatic nitrogens is 2. The molecule has 2 aromatic carbocycles. The van der Waals surface area contributed by atoms with E-state index in [0.717, 1.165) is 22.0 Å². The van der Waals surface area contributed by atoms with Gasteiger partial charge >= 0.3 is 0 Å². The second kappa shape index (κ2) is 9.76. The average molecular weight is 465 g/mol. The lowest BCUT2D eigenvalue weighted by atomic mass is 10.1. The number of ketones is 1. The van der Waals surface area contributed by atoms with Gasteiger partial charge in [0.05, 0.1) is 27.0 Å². The number of hydrogen-bond donors (Lipinski definition) is 1. The molecule has 0 aliphatic heterocycles. The Bertz CT molecular complexity index is 1400. The Morgan fingerprint density at radius 3 is 2.47 bits per heavy atom. The number of carbonyl (C=O) groups is 1. The van der Waals surface area contributed by atoms with Crippen LogP contribution in [0, 0.1) is 6.92 Å². The van der Waals surface area contributed by atoms with Gasteiger partial charge in [-0.25, -0.2) is 4.98 Å². The van der Waals surface area contributed by atoms with E-state index in [1.165, 1.54) is 17.4 Å². The molecule has 32 heavy (non-hydrogen) atoms. The monoisotopic (exact) mass is 464 g/mol. The smallest absolute Gasteiger partial charge is 0.266 e. The fourth-order valence-electron chi connectivity index (χ4n) is 2.93. The van der Waals surface area contributed by atoms with Crippen molar-refractivity contribution in [2.45, 2.75) is 13.5 Å². The Hall–Kier alpha value is -3.49. The number of nitrogens with one attached hydrogen (secondary N) is 1. The first kappa shape index (κ1) is 21.7. The summed E-state index contributed by atoms with van der Waals surface area (Å²) in [5, 5.41) is 2.99. The zero-order valence-electron chi connectivity index (χ0n) is 17.5. The number of rotatable bonds is 7. The first-order chi connectivity index (χ1) is 15.5. The Balaban J connectivity index is 1.48. The lowest BCUT2D eigenvalue weighted by molar-refractivity contribution is 0.106. The maximum Gasteiger partial charge on any atom is 0.266 e. The summed E-state index contributed by atoms with van der Waals surface area (Å²) in [4.78, 5) is 31.9. The molecule has 0 unspecified atom stereocenters. The van der Waals surface area contributed by atoms with E-state index in [9.17, 15) is 9.59 Å². The van der Waals surface area contributed by atoms with Crippen LogP contribution in [0.4, 0.5) is 0 Å². The molecule has 4 aromatic rings. The van der Waals surface area contributed by atoms with Crippen LogP contribution >= 0.6 is 22.7 Å². The summed E-state index contributed by atoms with van der Waals surface area (Å²) in [5.41, 5.74) is 2.06. The second-order valence-electron chi connectivity index (χ2n) is 6.88. The van der Waals surface area contributed by atoms with Crippen LogP contribution < -0.4 is 24.2 Å². The van der Waals surface area contributed by atoms with Gasteiger partial charge in [0.2, 0.25) is 0 Å². The lowest BCUT2D eigenvalue weighted by Crippen LogP contribution is -2.20. The molecule has 0 aliphatic carbocycles. The molecule has 0 aliphatic rings. The normalized spacial score (nSPS) is 12.2. The van der Waals surface area contributed by atoms with Crippen molar-refractivity contribution in [1.29, 1.82) is 0 Å². The molecule has 162 valence electrons. The molecular weight excluding hydrogens is 444 g/mol. The highest BCUT2D eigenvalue weighted by molar-refractivity contribution is 7.09. The number of benzene rings is 2. The highest BCUT2D eigenvalue weighted by Crippen LogP contribution is 2.16. The van der Waals surface area contributed by atoms with E-state index in [-0.39, 0.29) is 11.3 Å². The zero-order valence-corrected chi connectivity index (χ0v) is 19.1. The summed E-state index contributed by atoms with van der Waals surface area (Å²) in [7, 11) is 1.57. The molecule has 0 saturated heterocycles. The van der Waals surface area contributed by atoms with Gasteiger partial charge in [-0.2, -0.15) is 0 Å². The van der Waals surface area contributed by atoms with Crippen LogP contribution in [0.2, 0.25) is 0 Å². The van der Waals surface area contributed by atoms with Crippen LogP contribution in [0.5, 0.6) is 11.5 Å². The van der Waals surface area contributed by atoms with Gasteiger partial charge in [-0.3, -0.25) is 9.59 Å². The van der Waals surface area contributed by atoms with Crippen LogP contribution in [0.15, 0.2) is 58.7 Å². The number of methoxy groups -OCH3 is 1. The molecule has 0 spiro atoms. The van der Waals surface area contributed by atoms with Gasteiger partial charge in [-0.1, -0.05) is 12.1 Å². The van der Waals surface area contributed by atoms with Crippen molar-refractivity contribution in [2.75, 3.05) is 7.11 Å². The Kier molecular flexibility index (Phi) is 6.63. The molecule has 0 fully saturated rings. The number of thiazole rings is 2. The fraction of sp³-hybridized carbons (Fsp3) is 0.125. The van der Waals surface area contributed by atoms with Crippen LogP contribution in [0.1, 0.15) is 26.6 Å². The minimum absolute atomic E-state index is 0.187. The Labute approximate surface area is 192 Å². The molecule has 0 radical (unpaired) electrons. The lowest BCUT2D eigenvalue weighted by Gasteiger charge is -2.04. The summed E-state index contributed by atoms with van der Waals surface area (Å²) in [6.45, 7) is 2.38. The van der Waals surface area contributed by atoms with Gasteiger partial charge in [0.1, 0.15) is 18.1 Å². The molecule has 8 heteroatoms. The first-order valence-electron chi connectivity index (χ1n) is 9.75. The van der Waals surface area contributed by atoms with Gasteiger partial charge in [0.15, 0.2) is 5.78 Å². The standard InChI is InChI=1S/C24H20N2O4S2/c1-15-25-18(14-31-15)13-30-20-7-3-16(4-8-20)11-22-24(28)26-23(32-22)12-21(27)17-5-9-19(29-2)10-6-17/h3-12,14H,13H2,1-2H3,(H,26,28)/b22-11+,23-12+. The Morgan fingerprint density at radius 2 is 1.81 bits per heavy atom. The molecule has 4 rings (SSSR count). The third-order valence-corrected chi connectivity index (χ3v) is 6.33. The number of aryl methyl sites for hydroxylation is 1. The van der Waals surface area contributed by atoms with Crippen molar-refractivity contribution in [2.24, 2.45) is 0 Å². The number of ether oxygens (including phenoxy) is 2. The van der Waals surface area contributed by atoms with Gasteiger partial charge in [0, 0.05) is 17.0 Å².